The highest BCUT2D eigenvalue weighted by Gasteiger charge is 2.34. The summed E-state index contributed by atoms with van der Waals surface area (Å²) in [5.74, 6) is 0.477. The Bertz CT molecular complexity index is 1160. The highest BCUT2D eigenvalue weighted by Crippen LogP contribution is 2.44. The van der Waals surface area contributed by atoms with Crippen LogP contribution in [0.1, 0.15) is 28.3 Å². The van der Waals surface area contributed by atoms with Gasteiger partial charge < -0.3 is 15.2 Å². The van der Waals surface area contributed by atoms with Crippen molar-refractivity contribution in [2.75, 3.05) is 0 Å². The second-order valence-corrected chi connectivity index (χ2v) is 7.38. The molecule has 1 atom stereocenters. The van der Waals surface area contributed by atoms with Crippen LogP contribution in [0.15, 0.2) is 53.9 Å². The normalized spacial score (nSPS) is 15.4. The summed E-state index contributed by atoms with van der Waals surface area (Å²) in [6.07, 6.45) is 0. The van der Waals surface area contributed by atoms with E-state index in [1.54, 1.807) is 18.2 Å². The van der Waals surface area contributed by atoms with E-state index in [-0.39, 0.29) is 12.5 Å². The summed E-state index contributed by atoms with van der Waals surface area (Å²) >= 11 is 12.7. The van der Waals surface area contributed by atoms with E-state index in [0.29, 0.717) is 27.2 Å². The molecular formula is C21H16Cl2N4O2. The van der Waals surface area contributed by atoms with Crippen molar-refractivity contribution in [1.29, 1.82) is 5.26 Å². The molecule has 3 aromatic rings. The number of rotatable bonds is 4. The third kappa shape index (κ3) is 3.51. The van der Waals surface area contributed by atoms with Gasteiger partial charge in [0.1, 0.15) is 24.0 Å². The fraction of sp³-hybridized carbons (Fsp3) is 0.143. The van der Waals surface area contributed by atoms with E-state index in [9.17, 15) is 5.26 Å². The quantitative estimate of drug-likeness (QED) is 0.622. The Morgan fingerprint density at radius 3 is 2.76 bits per heavy atom. The van der Waals surface area contributed by atoms with Crippen molar-refractivity contribution in [3.63, 3.8) is 0 Å². The third-order valence-electron chi connectivity index (χ3n) is 4.76. The number of aromatic amines is 1. The van der Waals surface area contributed by atoms with Gasteiger partial charge in [0.25, 0.3) is 0 Å². The number of nitrogens with zero attached hydrogens (tertiary/aromatic N) is 2. The van der Waals surface area contributed by atoms with Gasteiger partial charge in [0.05, 0.1) is 10.9 Å². The van der Waals surface area contributed by atoms with Gasteiger partial charge >= 0.3 is 0 Å². The SMILES string of the molecule is Cc1[nH]nc2c1[C@H](c1ccc(OCc3ccccc3Cl)c(Cl)c1)C(C#N)=C(N)O2. The van der Waals surface area contributed by atoms with Crippen LogP contribution in [-0.2, 0) is 6.61 Å². The van der Waals surface area contributed by atoms with Crippen LogP contribution < -0.4 is 15.2 Å². The van der Waals surface area contributed by atoms with Crippen LogP contribution in [0.5, 0.6) is 11.6 Å². The van der Waals surface area contributed by atoms with E-state index in [1.165, 1.54) is 0 Å². The molecule has 146 valence electrons. The summed E-state index contributed by atoms with van der Waals surface area (Å²) in [7, 11) is 0. The molecule has 3 N–H and O–H groups in total. The van der Waals surface area contributed by atoms with E-state index in [1.807, 2.05) is 31.2 Å². The Morgan fingerprint density at radius 1 is 1.24 bits per heavy atom. The molecule has 0 unspecified atom stereocenters. The first-order valence-electron chi connectivity index (χ1n) is 8.77. The molecule has 0 bridgehead atoms. The molecule has 4 rings (SSSR count). The van der Waals surface area contributed by atoms with Gasteiger partial charge in [-0.15, -0.1) is 5.10 Å². The van der Waals surface area contributed by atoms with Gasteiger partial charge in [0.2, 0.25) is 11.8 Å². The van der Waals surface area contributed by atoms with Crippen LogP contribution in [0.2, 0.25) is 10.0 Å². The minimum atomic E-state index is -0.433. The fourth-order valence-corrected chi connectivity index (χ4v) is 3.75. The standard InChI is InChI=1S/C21H16Cl2N4O2/c1-11-18-19(14(9-24)20(25)29-21(18)27-26-11)12-6-7-17(16(23)8-12)28-10-13-4-2-3-5-15(13)22/h2-8,19H,10,25H2,1H3,(H,26,27)/t19-/m1/s1. The number of fused-ring (bicyclic) bond motifs is 1. The molecule has 0 aliphatic carbocycles. The lowest BCUT2D eigenvalue weighted by Crippen LogP contribution is -2.21. The molecule has 2 aromatic carbocycles. The van der Waals surface area contributed by atoms with Crippen molar-refractivity contribution in [3.8, 4) is 17.7 Å². The number of benzene rings is 2. The van der Waals surface area contributed by atoms with Crippen LogP contribution in [-0.4, -0.2) is 10.2 Å². The van der Waals surface area contributed by atoms with Gasteiger partial charge in [0, 0.05) is 21.8 Å². The van der Waals surface area contributed by atoms with Crippen molar-refractivity contribution in [3.05, 3.63) is 86.4 Å². The number of nitrogens with two attached hydrogens (primary N) is 1. The number of halogens is 2. The van der Waals surface area contributed by atoms with Gasteiger partial charge in [-0.3, -0.25) is 5.10 Å². The van der Waals surface area contributed by atoms with Gasteiger partial charge in [-0.2, -0.15) is 5.26 Å². The van der Waals surface area contributed by atoms with Crippen LogP contribution in [0.3, 0.4) is 0 Å². The van der Waals surface area contributed by atoms with E-state index < -0.39 is 5.92 Å². The molecule has 2 heterocycles. The summed E-state index contributed by atoms with van der Waals surface area (Å²) in [5.41, 5.74) is 9.45. The zero-order valence-corrected chi connectivity index (χ0v) is 16.9. The minimum absolute atomic E-state index is 0.0340. The number of H-pyrrole nitrogens is 1. The minimum Gasteiger partial charge on any atom is -0.487 e. The number of aromatic nitrogens is 2. The number of nitriles is 1. The predicted octanol–water partition coefficient (Wildman–Crippen LogP) is 4.82. The number of hydrogen-bond acceptors (Lipinski definition) is 5. The smallest absolute Gasteiger partial charge is 0.244 e. The van der Waals surface area contributed by atoms with Gasteiger partial charge in [-0.05, 0) is 30.7 Å². The molecule has 0 radical (unpaired) electrons. The van der Waals surface area contributed by atoms with Crippen molar-refractivity contribution in [2.24, 2.45) is 5.73 Å². The lowest BCUT2D eigenvalue weighted by molar-refractivity contribution is 0.306. The number of ether oxygens (including phenoxy) is 2. The first kappa shape index (κ1) is 19.2. The van der Waals surface area contributed by atoms with E-state index >= 15 is 0 Å². The Kier molecular flexibility index (Phi) is 5.10. The molecule has 6 nitrogen and oxygen atoms in total. The molecule has 0 spiro atoms. The zero-order chi connectivity index (χ0) is 20.5. The van der Waals surface area contributed by atoms with Crippen molar-refractivity contribution < 1.29 is 9.47 Å². The van der Waals surface area contributed by atoms with Crippen LogP contribution in [0, 0.1) is 18.3 Å². The number of nitrogens with one attached hydrogen (secondary N) is 1. The van der Waals surface area contributed by atoms with Crippen molar-refractivity contribution in [2.45, 2.75) is 19.4 Å². The first-order chi connectivity index (χ1) is 14.0. The number of aryl methyl sites for hydroxylation is 1. The van der Waals surface area contributed by atoms with E-state index in [2.05, 4.69) is 16.3 Å². The highest BCUT2D eigenvalue weighted by molar-refractivity contribution is 6.32. The molecule has 0 saturated heterocycles. The van der Waals surface area contributed by atoms with Crippen LogP contribution in [0.4, 0.5) is 0 Å². The Labute approximate surface area is 177 Å². The maximum Gasteiger partial charge on any atom is 0.244 e. The van der Waals surface area contributed by atoms with Crippen LogP contribution in [0.25, 0.3) is 0 Å². The first-order valence-corrected chi connectivity index (χ1v) is 9.53. The molecule has 0 amide bonds. The lowest BCUT2D eigenvalue weighted by atomic mass is 9.84. The Morgan fingerprint density at radius 2 is 2.03 bits per heavy atom. The Hall–Kier alpha value is -3.14. The molecule has 0 saturated carbocycles. The topological polar surface area (TPSA) is 97.0 Å². The van der Waals surface area contributed by atoms with Crippen molar-refractivity contribution in [1.82, 2.24) is 10.2 Å². The van der Waals surface area contributed by atoms with Gasteiger partial charge in [-0.1, -0.05) is 47.5 Å². The van der Waals surface area contributed by atoms with Gasteiger partial charge in [-0.25, -0.2) is 0 Å². The van der Waals surface area contributed by atoms with Gasteiger partial charge in [0.15, 0.2) is 0 Å². The fourth-order valence-electron chi connectivity index (χ4n) is 3.32. The van der Waals surface area contributed by atoms with Crippen LogP contribution >= 0.6 is 23.2 Å². The molecule has 29 heavy (non-hydrogen) atoms. The molecule has 8 heteroatoms. The largest absolute Gasteiger partial charge is 0.487 e. The monoisotopic (exact) mass is 426 g/mol. The molecule has 1 aromatic heterocycles. The molecule has 0 fully saturated rings. The Balaban J connectivity index is 1.66. The summed E-state index contributed by atoms with van der Waals surface area (Å²) in [4.78, 5) is 0. The second-order valence-electron chi connectivity index (χ2n) is 6.56. The maximum atomic E-state index is 9.64. The molecular weight excluding hydrogens is 411 g/mol. The van der Waals surface area contributed by atoms with E-state index in [4.69, 9.17) is 38.4 Å². The third-order valence-corrected chi connectivity index (χ3v) is 5.42. The maximum absolute atomic E-state index is 9.64. The highest BCUT2D eigenvalue weighted by atomic mass is 35.5. The summed E-state index contributed by atoms with van der Waals surface area (Å²) in [5, 5.41) is 17.7. The summed E-state index contributed by atoms with van der Waals surface area (Å²) in [6.45, 7) is 2.15. The second kappa shape index (κ2) is 7.70. The average molecular weight is 427 g/mol. The summed E-state index contributed by atoms with van der Waals surface area (Å²) < 4.78 is 11.3. The number of hydrogen-bond donors (Lipinski definition) is 2. The number of allylic oxidation sites excluding steroid dienone is 1. The summed E-state index contributed by atoms with van der Waals surface area (Å²) in [6, 6.07) is 15.0. The lowest BCUT2D eigenvalue weighted by Gasteiger charge is -2.24. The average Bonchev–Trinajstić information content (AvgIpc) is 3.07. The molecule has 1 aliphatic heterocycles. The molecule has 1 aliphatic rings. The van der Waals surface area contributed by atoms with Crippen molar-refractivity contribution >= 4 is 23.2 Å². The predicted molar refractivity (Wildman–Crippen MR) is 110 cm³/mol. The zero-order valence-electron chi connectivity index (χ0n) is 15.4. The van der Waals surface area contributed by atoms with E-state index in [0.717, 1.165) is 22.4 Å².